The highest BCUT2D eigenvalue weighted by Gasteiger charge is 2.26. The Hall–Kier alpha value is -0.610. The Morgan fingerprint density at radius 3 is 2.77 bits per heavy atom. The molecule has 4 heteroatoms. The lowest BCUT2D eigenvalue weighted by molar-refractivity contribution is -0.146. The Kier molecular flexibility index (Phi) is 4.18. The van der Waals surface area contributed by atoms with Gasteiger partial charge in [0.05, 0.1) is 6.61 Å². The molecule has 0 aromatic rings. The van der Waals surface area contributed by atoms with E-state index in [9.17, 15) is 4.79 Å². The van der Waals surface area contributed by atoms with Gasteiger partial charge in [0.15, 0.2) is 0 Å². The van der Waals surface area contributed by atoms with E-state index in [1.165, 1.54) is 0 Å². The average molecular weight is 186 g/mol. The molecule has 0 aromatic carbocycles. The van der Waals surface area contributed by atoms with Crippen molar-refractivity contribution in [2.45, 2.75) is 25.8 Å². The molecule has 0 radical (unpaired) electrons. The van der Waals surface area contributed by atoms with Crippen LogP contribution < -0.4 is 11.1 Å². The summed E-state index contributed by atoms with van der Waals surface area (Å²) in [6, 6.07) is -0.429. The van der Waals surface area contributed by atoms with E-state index in [1.54, 1.807) is 6.92 Å². The van der Waals surface area contributed by atoms with Gasteiger partial charge in [-0.25, -0.2) is 0 Å². The van der Waals surface area contributed by atoms with Gasteiger partial charge >= 0.3 is 5.97 Å². The molecule has 1 saturated heterocycles. The van der Waals surface area contributed by atoms with Gasteiger partial charge in [-0.2, -0.15) is 0 Å². The van der Waals surface area contributed by atoms with Crippen LogP contribution in [0.2, 0.25) is 0 Å². The van der Waals surface area contributed by atoms with Gasteiger partial charge in [-0.1, -0.05) is 0 Å². The fourth-order valence-electron chi connectivity index (χ4n) is 1.63. The van der Waals surface area contributed by atoms with Crippen LogP contribution in [-0.4, -0.2) is 31.7 Å². The summed E-state index contributed by atoms with van der Waals surface area (Å²) in [6.45, 7) is 4.13. The minimum atomic E-state index is -0.429. The molecule has 1 fully saturated rings. The van der Waals surface area contributed by atoms with Crippen molar-refractivity contribution in [3.63, 3.8) is 0 Å². The molecule has 0 aliphatic carbocycles. The first kappa shape index (κ1) is 10.5. The minimum absolute atomic E-state index is 0.255. The number of esters is 1. The van der Waals surface area contributed by atoms with Crippen molar-refractivity contribution in [2.75, 3.05) is 19.7 Å². The highest BCUT2D eigenvalue weighted by Crippen LogP contribution is 2.15. The fourth-order valence-corrected chi connectivity index (χ4v) is 1.63. The van der Waals surface area contributed by atoms with Gasteiger partial charge in [-0.15, -0.1) is 0 Å². The van der Waals surface area contributed by atoms with E-state index in [0.29, 0.717) is 12.5 Å². The van der Waals surface area contributed by atoms with Crippen LogP contribution in [0.25, 0.3) is 0 Å². The van der Waals surface area contributed by atoms with Crippen molar-refractivity contribution >= 4 is 5.97 Å². The number of carbonyl (C=O) groups excluding carboxylic acids is 1. The molecular formula is C9H18N2O2. The van der Waals surface area contributed by atoms with Gasteiger partial charge in [0.25, 0.3) is 0 Å². The molecule has 0 amide bonds. The molecule has 1 aliphatic heterocycles. The van der Waals surface area contributed by atoms with E-state index < -0.39 is 6.04 Å². The highest BCUT2D eigenvalue weighted by molar-refractivity contribution is 5.75. The lowest BCUT2D eigenvalue weighted by atomic mass is 9.91. The molecule has 4 nitrogen and oxygen atoms in total. The molecular weight excluding hydrogens is 168 g/mol. The van der Waals surface area contributed by atoms with Crippen molar-refractivity contribution in [3.8, 4) is 0 Å². The smallest absolute Gasteiger partial charge is 0.323 e. The molecule has 76 valence electrons. The van der Waals surface area contributed by atoms with Crippen LogP contribution >= 0.6 is 0 Å². The molecule has 1 atom stereocenters. The Morgan fingerprint density at radius 1 is 1.62 bits per heavy atom. The van der Waals surface area contributed by atoms with Gasteiger partial charge in [-0.05, 0) is 38.8 Å². The maximum atomic E-state index is 11.3. The molecule has 1 unspecified atom stereocenters. The second-order valence-electron chi connectivity index (χ2n) is 3.37. The minimum Gasteiger partial charge on any atom is -0.465 e. The van der Waals surface area contributed by atoms with Crippen LogP contribution in [0.1, 0.15) is 19.8 Å². The van der Waals surface area contributed by atoms with Crippen molar-refractivity contribution < 1.29 is 9.53 Å². The number of hydrogen-bond acceptors (Lipinski definition) is 4. The van der Waals surface area contributed by atoms with E-state index >= 15 is 0 Å². The van der Waals surface area contributed by atoms with E-state index in [0.717, 1.165) is 25.9 Å². The lowest BCUT2D eigenvalue weighted by Gasteiger charge is -2.26. The molecule has 13 heavy (non-hydrogen) atoms. The van der Waals surface area contributed by atoms with E-state index in [-0.39, 0.29) is 5.97 Å². The molecule has 0 spiro atoms. The van der Waals surface area contributed by atoms with Crippen LogP contribution in [-0.2, 0) is 9.53 Å². The number of hydrogen-bond donors (Lipinski definition) is 2. The van der Waals surface area contributed by atoms with Crippen LogP contribution in [0, 0.1) is 5.92 Å². The second-order valence-corrected chi connectivity index (χ2v) is 3.37. The van der Waals surface area contributed by atoms with Crippen molar-refractivity contribution in [1.82, 2.24) is 5.32 Å². The molecule has 1 rings (SSSR count). The van der Waals surface area contributed by atoms with Gasteiger partial charge in [-0.3, -0.25) is 4.79 Å². The zero-order valence-electron chi connectivity index (χ0n) is 8.08. The summed E-state index contributed by atoms with van der Waals surface area (Å²) in [7, 11) is 0. The van der Waals surface area contributed by atoms with E-state index in [4.69, 9.17) is 10.5 Å². The summed E-state index contributed by atoms with van der Waals surface area (Å²) in [6.07, 6.45) is 1.94. The standard InChI is InChI=1S/C9H18N2O2/c1-2-13-9(12)8(10)7-3-5-11-6-4-7/h7-8,11H,2-6,10H2,1H3. The summed E-state index contributed by atoms with van der Waals surface area (Å²) >= 11 is 0. The largest absolute Gasteiger partial charge is 0.465 e. The highest BCUT2D eigenvalue weighted by atomic mass is 16.5. The third-order valence-electron chi connectivity index (χ3n) is 2.45. The number of nitrogens with two attached hydrogens (primary N) is 1. The SMILES string of the molecule is CCOC(=O)C(N)C1CCNCC1. The van der Waals surface area contributed by atoms with E-state index in [2.05, 4.69) is 5.32 Å². The summed E-state index contributed by atoms with van der Waals surface area (Å²) < 4.78 is 4.87. The summed E-state index contributed by atoms with van der Waals surface area (Å²) in [5.41, 5.74) is 5.78. The zero-order chi connectivity index (χ0) is 9.68. The predicted octanol–water partition coefficient (Wildman–Crippen LogP) is -0.124. The monoisotopic (exact) mass is 186 g/mol. The lowest BCUT2D eigenvalue weighted by Crippen LogP contribution is -2.44. The molecule has 0 aromatic heterocycles. The van der Waals surface area contributed by atoms with Crippen LogP contribution in [0.4, 0.5) is 0 Å². The molecule has 0 bridgehead atoms. The summed E-state index contributed by atoms with van der Waals surface area (Å²) in [5.74, 6) is 0.0368. The number of nitrogens with one attached hydrogen (secondary N) is 1. The third kappa shape index (κ3) is 2.97. The first-order chi connectivity index (χ1) is 6.25. The Morgan fingerprint density at radius 2 is 2.23 bits per heavy atom. The quantitative estimate of drug-likeness (QED) is 0.603. The first-order valence-electron chi connectivity index (χ1n) is 4.88. The van der Waals surface area contributed by atoms with Crippen molar-refractivity contribution in [2.24, 2.45) is 11.7 Å². The summed E-state index contributed by atoms with van der Waals surface area (Å²) in [5, 5.41) is 3.23. The Labute approximate surface area is 78.8 Å². The van der Waals surface area contributed by atoms with Gasteiger partial charge < -0.3 is 15.8 Å². The number of ether oxygens (including phenoxy) is 1. The topological polar surface area (TPSA) is 64.3 Å². The van der Waals surface area contributed by atoms with Gasteiger partial charge in [0.2, 0.25) is 0 Å². The van der Waals surface area contributed by atoms with Gasteiger partial charge in [0.1, 0.15) is 6.04 Å². The fraction of sp³-hybridized carbons (Fsp3) is 0.889. The van der Waals surface area contributed by atoms with Crippen LogP contribution in [0.15, 0.2) is 0 Å². The van der Waals surface area contributed by atoms with Crippen molar-refractivity contribution in [1.29, 1.82) is 0 Å². The average Bonchev–Trinajstić information content (AvgIpc) is 2.18. The maximum Gasteiger partial charge on any atom is 0.323 e. The maximum absolute atomic E-state index is 11.3. The number of piperidine rings is 1. The van der Waals surface area contributed by atoms with E-state index in [1.807, 2.05) is 0 Å². The molecule has 0 saturated carbocycles. The summed E-state index contributed by atoms with van der Waals surface area (Å²) in [4.78, 5) is 11.3. The Balaban J connectivity index is 2.35. The zero-order valence-corrected chi connectivity index (χ0v) is 8.08. The first-order valence-corrected chi connectivity index (χ1v) is 4.88. The van der Waals surface area contributed by atoms with Crippen LogP contribution in [0.3, 0.4) is 0 Å². The van der Waals surface area contributed by atoms with Crippen molar-refractivity contribution in [3.05, 3.63) is 0 Å². The molecule has 3 N–H and O–H groups in total. The number of rotatable bonds is 3. The van der Waals surface area contributed by atoms with Crippen LogP contribution in [0.5, 0.6) is 0 Å². The second kappa shape index (κ2) is 5.19. The number of carbonyl (C=O) groups is 1. The molecule has 1 heterocycles. The predicted molar refractivity (Wildman–Crippen MR) is 50.2 cm³/mol. The molecule has 1 aliphatic rings. The third-order valence-corrected chi connectivity index (χ3v) is 2.45. The Bertz CT molecular complexity index is 167. The normalized spacial score (nSPS) is 21.1. The van der Waals surface area contributed by atoms with Gasteiger partial charge in [0, 0.05) is 0 Å².